The molecule has 180 valence electrons. The fourth-order valence-corrected chi connectivity index (χ4v) is 4.39. The van der Waals surface area contributed by atoms with Crippen LogP contribution in [0.3, 0.4) is 0 Å². The van der Waals surface area contributed by atoms with Crippen molar-refractivity contribution in [3.05, 3.63) is 62.7 Å². The number of anilines is 1. The molecule has 0 aliphatic rings. The third kappa shape index (κ3) is 8.15. The molecule has 0 saturated heterocycles. The number of carbonyl (C=O) groups excluding carboxylic acids is 2. The van der Waals surface area contributed by atoms with Crippen LogP contribution in [0.25, 0.3) is 0 Å². The van der Waals surface area contributed by atoms with E-state index in [-0.39, 0.29) is 18.5 Å². The van der Waals surface area contributed by atoms with Crippen LogP contribution in [-0.2, 0) is 26.2 Å². The van der Waals surface area contributed by atoms with Crippen molar-refractivity contribution in [2.24, 2.45) is 0 Å². The predicted octanol–water partition coefficient (Wildman–Crippen LogP) is 4.04. The van der Waals surface area contributed by atoms with Crippen LogP contribution < -0.4 is 9.62 Å². The smallest absolute Gasteiger partial charge is 0.244 e. The maximum atomic E-state index is 13.4. The number of rotatable bonds is 10. The maximum Gasteiger partial charge on any atom is 0.244 e. The fourth-order valence-electron chi connectivity index (χ4n) is 3.06. The number of amides is 2. The van der Waals surface area contributed by atoms with E-state index in [9.17, 15) is 18.0 Å². The van der Waals surface area contributed by atoms with Crippen LogP contribution in [0, 0.1) is 3.57 Å². The Bertz CT molecular complexity index is 1060. The average Bonchev–Trinajstić information content (AvgIpc) is 2.76. The molecule has 2 amide bonds. The van der Waals surface area contributed by atoms with E-state index < -0.39 is 28.5 Å². The molecule has 0 saturated carbocycles. The van der Waals surface area contributed by atoms with Crippen molar-refractivity contribution in [3.8, 4) is 0 Å². The Kier molecular flexibility index (Phi) is 9.99. The van der Waals surface area contributed by atoms with Crippen LogP contribution in [0.4, 0.5) is 5.69 Å². The second kappa shape index (κ2) is 12.0. The molecule has 1 N–H and O–H groups in total. The minimum absolute atomic E-state index is 0.0493. The molecule has 2 aromatic carbocycles. The summed E-state index contributed by atoms with van der Waals surface area (Å²) in [6, 6.07) is 12.9. The van der Waals surface area contributed by atoms with E-state index in [1.807, 2.05) is 13.8 Å². The van der Waals surface area contributed by atoms with Crippen molar-refractivity contribution < 1.29 is 18.0 Å². The zero-order valence-electron chi connectivity index (χ0n) is 19.1. The van der Waals surface area contributed by atoms with Crippen molar-refractivity contribution in [1.82, 2.24) is 10.2 Å². The minimum Gasteiger partial charge on any atom is -0.352 e. The van der Waals surface area contributed by atoms with Gasteiger partial charge in [0.2, 0.25) is 21.8 Å². The van der Waals surface area contributed by atoms with Gasteiger partial charge in [0.15, 0.2) is 0 Å². The number of hydrogen-bond donors (Lipinski definition) is 1. The summed E-state index contributed by atoms with van der Waals surface area (Å²) in [5, 5.41) is 3.45. The number of sulfonamides is 1. The summed E-state index contributed by atoms with van der Waals surface area (Å²) in [5.41, 5.74) is 1.16. The van der Waals surface area contributed by atoms with Crippen LogP contribution in [0.1, 0.15) is 32.8 Å². The molecular weight excluding hydrogens is 577 g/mol. The highest BCUT2D eigenvalue weighted by molar-refractivity contribution is 14.1. The highest BCUT2D eigenvalue weighted by Crippen LogP contribution is 2.21. The number of hydrogen-bond acceptors (Lipinski definition) is 4. The molecule has 2 atom stereocenters. The molecule has 2 rings (SSSR count). The molecule has 0 radical (unpaired) electrons. The first-order valence-electron chi connectivity index (χ1n) is 10.5. The molecular formula is C23H29ClIN3O4S. The van der Waals surface area contributed by atoms with E-state index in [1.165, 1.54) is 4.90 Å². The third-order valence-electron chi connectivity index (χ3n) is 5.23. The molecule has 7 nitrogen and oxygen atoms in total. The first-order chi connectivity index (χ1) is 15.4. The van der Waals surface area contributed by atoms with Gasteiger partial charge < -0.3 is 10.2 Å². The molecule has 33 heavy (non-hydrogen) atoms. The highest BCUT2D eigenvalue weighted by Gasteiger charge is 2.30. The molecule has 0 aromatic heterocycles. The topological polar surface area (TPSA) is 86.8 Å². The first kappa shape index (κ1) is 27.4. The monoisotopic (exact) mass is 605 g/mol. The van der Waals surface area contributed by atoms with Gasteiger partial charge in [-0.05, 0) is 84.8 Å². The number of halogens is 2. The Morgan fingerprint density at radius 2 is 1.64 bits per heavy atom. The Morgan fingerprint density at radius 3 is 2.15 bits per heavy atom. The average molecular weight is 606 g/mol. The van der Waals surface area contributed by atoms with Crippen LogP contribution in [0.15, 0.2) is 48.5 Å². The van der Waals surface area contributed by atoms with Gasteiger partial charge in [0.05, 0.1) is 11.9 Å². The number of nitrogens with zero attached hydrogens (tertiary/aromatic N) is 2. The molecule has 0 heterocycles. The van der Waals surface area contributed by atoms with Crippen molar-refractivity contribution >= 4 is 61.7 Å². The van der Waals surface area contributed by atoms with Gasteiger partial charge in [-0.3, -0.25) is 13.9 Å². The molecule has 0 aliphatic heterocycles. The summed E-state index contributed by atoms with van der Waals surface area (Å²) in [5.74, 6) is -0.785. The third-order valence-corrected chi connectivity index (χ3v) is 7.34. The van der Waals surface area contributed by atoms with Gasteiger partial charge in [0.25, 0.3) is 0 Å². The lowest BCUT2D eigenvalue weighted by molar-refractivity contribution is -0.139. The SMILES string of the molecule is CCC(C)NC(=O)C(C)N(Cc1ccc(Cl)cc1)C(=O)CN(c1ccc(I)cc1)S(C)(=O)=O. The summed E-state index contributed by atoms with van der Waals surface area (Å²) < 4.78 is 27.0. The van der Waals surface area contributed by atoms with Gasteiger partial charge >= 0.3 is 0 Å². The number of benzene rings is 2. The van der Waals surface area contributed by atoms with Crippen LogP contribution in [0.2, 0.25) is 5.02 Å². The van der Waals surface area contributed by atoms with Crippen LogP contribution in [-0.4, -0.2) is 50.0 Å². The Balaban J connectivity index is 2.36. The van der Waals surface area contributed by atoms with E-state index in [1.54, 1.807) is 55.5 Å². The van der Waals surface area contributed by atoms with Gasteiger partial charge in [-0.15, -0.1) is 0 Å². The first-order valence-corrected chi connectivity index (χ1v) is 13.8. The molecule has 0 fully saturated rings. The van der Waals surface area contributed by atoms with Gasteiger partial charge in [-0.25, -0.2) is 8.42 Å². The lowest BCUT2D eigenvalue weighted by Gasteiger charge is -2.32. The number of nitrogens with one attached hydrogen (secondary N) is 1. The van der Waals surface area contributed by atoms with Crippen LogP contribution in [0.5, 0.6) is 0 Å². The Morgan fingerprint density at radius 1 is 1.06 bits per heavy atom. The Hall–Kier alpha value is -1.85. The second-order valence-electron chi connectivity index (χ2n) is 7.89. The molecule has 0 spiro atoms. The van der Waals surface area contributed by atoms with E-state index >= 15 is 0 Å². The standard InChI is InChI=1S/C23H29ClIN3O4S/c1-5-16(2)26-23(30)17(3)27(14-18-6-8-19(24)9-7-18)22(29)15-28(33(4,31)32)21-12-10-20(25)11-13-21/h6-13,16-17H,5,14-15H2,1-4H3,(H,26,30). The molecule has 2 unspecified atom stereocenters. The summed E-state index contributed by atoms with van der Waals surface area (Å²) in [7, 11) is -3.74. The largest absolute Gasteiger partial charge is 0.352 e. The molecule has 2 aromatic rings. The minimum atomic E-state index is -3.74. The van der Waals surface area contributed by atoms with Crippen molar-refractivity contribution in [2.45, 2.75) is 45.8 Å². The molecule has 10 heteroatoms. The van der Waals surface area contributed by atoms with E-state index in [0.717, 1.165) is 26.1 Å². The predicted molar refractivity (Wildman–Crippen MR) is 141 cm³/mol. The Labute approximate surface area is 214 Å². The van der Waals surface area contributed by atoms with Gasteiger partial charge in [-0.2, -0.15) is 0 Å². The van der Waals surface area contributed by atoms with E-state index in [0.29, 0.717) is 10.7 Å². The lowest BCUT2D eigenvalue weighted by atomic mass is 10.1. The van der Waals surface area contributed by atoms with Gasteiger partial charge in [0, 0.05) is 21.2 Å². The summed E-state index contributed by atoms with van der Waals surface area (Å²) in [4.78, 5) is 27.7. The normalized spacial score (nSPS) is 13.2. The highest BCUT2D eigenvalue weighted by atomic mass is 127. The van der Waals surface area contributed by atoms with Crippen LogP contribution >= 0.6 is 34.2 Å². The van der Waals surface area contributed by atoms with Crippen molar-refractivity contribution in [3.63, 3.8) is 0 Å². The summed E-state index contributed by atoms with van der Waals surface area (Å²) in [6.45, 7) is 5.19. The maximum absolute atomic E-state index is 13.4. The van der Waals surface area contributed by atoms with Gasteiger partial charge in [0.1, 0.15) is 12.6 Å². The lowest BCUT2D eigenvalue weighted by Crippen LogP contribution is -2.52. The fraction of sp³-hybridized carbons (Fsp3) is 0.391. The van der Waals surface area contributed by atoms with Crippen molar-refractivity contribution in [1.29, 1.82) is 0 Å². The zero-order valence-corrected chi connectivity index (χ0v) is 22.8. The quantitative estimate of drug-likeness (QED) is 0.414. The second-order valence-corrected chi connectivity index (χ2v) is 11.5. The zero-order chi connectivity index (χ0) is 24.8. The van der Waals surface area contributed by atoms with Gasteiger partial charge in [-0.1, -0.05) is 30.7 Å². The van der Waals surface area contributed by atoms with E-state index in [2.05, 4.69) is 27.9 Å². The van der Waals surface area contributed by atoms with Crippen molar-refractivity contribution in [2.75, 3.05) is 17.1 Å². The molecule has 0 bridgehead atoms. The number of carbonyl (C=O) groups is 2. The summed E-state index contributed by atoms with van der Waals surface area (Å²) >= 11 is 8.10. The summed E-state index contributed by atoms with van der Waals surface area (Å²) in [6.07, 6.45) is 1.80. The molecule has 0 aliphatic carbocycles. The van der Waals surface area contributed by atoms with E-state index in [4.69, 9.17) is 11.6 Å².